The molecule has 0 saturated carbocycles. The van der Waals surface area contributed by atoms with Crippen LogP contribution in [-0.2, 0) is 14.4 Å². The summed E-state index contributed by atoms with van der Waals surface area (Å²) in [5, 5.41) is 13.2. The number of anilines is 2. The first kappa shape index (κ1) is 21.9. The Morgan fingerprint density at radius 3 is 2.29 bits per heavy atom. The number of nitrogens with zero attached hydrogens (tertiary/aromatic N) is 3. The van der Waals surface area contributed by atoms with Crippen LogP contribution in [0.2, 0.25) is 5.02 Å². The van der Waals surface area contributed by atoms with E-state index in [9.17, 15) is 19.7 Å². The Morgan fingerprint density at radius 2 is 1.65 bits per heavy atom. The van der Waals surface area contributed by atoms with Crippen molar-refractivity contribution in [1.29, 1.82) is 0 Å². The number of ether oxygens (including phenoxy) is 1. The largest absolute Gasteiger partial charge is 0.495 e. The molecule has 2 saturated heterocycles. The van der Waals surface area contributed by atoms with E-state index < -0.39 is 34.8 Å². The van der Waals surface area contributed by atoms with Crippen LogP contribution in [0.3, 0.4) is 0 Å². The quantitative estimate of drug-likeness (QED) is 0.305. The lowest BCUT2D eigenvalue weighted by Gasteiger charge is -2.29. The molecule has 3 aromatic carbocycles. The second kappa shape index (κ2) is 8.44. The number of imide groups is 1. The van der Waals surface area contributed by atoms with Crippen LogP contribution in [0.4, 0.5) is 17.1 Å². The van der Waals surface area contributed by atoms with Crippen molar-refractivity contribution >= 4 is 40.5 Å². The van der Waals surface area contributed by atoms with Gasteiger partial charge in [-0.1, -0.05) is 35.9 Å². The molecule has 10 heteroatoms. The van der Waals surface area contributed by atoms with Crippen LogP contribution in [0, 0.1) is 16.0 Å². The van der Waals surface area contributed by atoms with E-state index in [0.717, 1.165) is 4.90 Å². The molecule has 2 aliphatic heterocycles. The zero-order valence-corrected chi connectivity index (χ0v) is 18.6. The van der Waals surface area contributed by atoms with Crippen molar-refractivity contribution < 1.29 is 24.1 Å². The monoisotopic (exact) mass is 479 g/mol. The number of benzene rings is 3. The van der Waals surface area contributed by atoms with E-state index in [1.54, 1.807) is 60.7 Å². The molecule has 2 amide bonds. The number of carbonyl (C=O) groups excluding carboxylic acids is 2. The third kappa shape index (κ3) is 3.46. The highest BCUT2D eigenvalue weighted by Gasteiger charge is 2.60. The summed E-state index contributed by atoms with van der Waals surface area (Å²) in [6.45, 7) is 0. The first-order valence-electron chi connectivity index (χ1n) is 10.4. The van der Waals surface area contributed by atoms with Crippen molar-refractivity contribution in [1.82, 2.24) is 0 Å². The third-order valence-electron chi connectivity index (χ3n) is 5.97. The van der Waals surface area contributed by atoms with Gasteiger partial charge in [-0.3, -0.25) is 24.5 Å². The van der Waals surface area contributed by atoms with Gasteiger partial charge in [0.05, 0.1) is 29.4 Å². The van der Waals surface area contributed by atoms with Gasteiger partial charge in [0, 0.05) is 17.2 Å². The molecule has 3 unspecified atom stereocenters. The van der Waals surface area contributed by atoms with Gasteiger partial charge in [0.25, 0.3) is 11.6 Å². The van der Waals surface area contributed by atoms with Crippen LogP contribution in [0.5, 0.6) is 5.75 Å². The topological polar surface area (TPSA) is 102 Å². The molecule has 0 bridgehead atoms. The summed E-state index contributed by atoms with van der Waals surface area (Å²) in [4.78, 5) is 44.9. The standard InChI is InChI=1S/C24H18ClN3O6/c1-33-19-5-3-2-4-18(19)26-23(29)20-21(14-6-10-17(11-7-14)28(31)32)27(34-22(20)24(26)30)16-12-8-15(25)9-13-16/h2-13,20-22H,1H3. The molecule has 2 fully saturated rings. The molecule has 0 N–H and O–H groups in total. The van der Waals surface area contributed by atoms with E-state index in [4.69, 9.17) is 21.2 Å². The Hall–Kier alpha value is -3.95. The van der Waals surface area contributed by atoms with E-state index in [-0.39, 0.29) is 5.69 Å². The number of fused-ring (bicyclic) bond motifs is 1. The van der Waals surface area contributed by atoms with E-state index in [0.29, 0.717) is 27.7 Å². The number of carbonyl (C=O) groups is 2. The maximum absolute atomic E-state index is 13.7. The number of hydrogen-bond acceptors (Lipinski definition) is 7. The van der Waals surface area contributed by atoms with Gasteiger partial charge in [-0.15, -0.1) is 0 Å². The molecule has 9 nitrogen and oxygen atoms in total. The number of methoxy groups -OCH3 is 1. The summed E-state index contributed by atoms with van der Waals surface area (Å²) < 4.78 is 5.35. The Morgan fingerprint density at radius 1 is 0.971 bits per heavy atom. The molecule has 0 radical (unpaired) electrons. The summed E-state index contributed by atoms with van der Waals surface area (Å²) in [7, 11) is 1.46. The minimum Gasteiger partial charge on any atom is -0.495 e. The van der Waals surface area contributed by atoms with E-state index in [1.165, 1.54) is 24.3 Å². The number of halogens is 1. The third-order valence-corrected chi connectivity index (χ3v) is 6.22. The maximum Gasteiger partial charge on any atom is 0.269 e. The molecule has 3 atom stereocenters. The maximum atomic E-state index is 13.7. The minimum atomic E-state index is -1.08. The van der Waals surface area contributed by atoms with E-state index in [2.05, 4.69) is 0 Å². The number of para-hydroxylation sites is 2. The van der Waals surface area contributed by atoms with Gasteiger partial charge in [0.15, 0.2) is 6.10 Å². The number of nitro benzene ring substituents is 1. The lowest BCUT2D eigenvalue weighted by Crippen LogP contribution is -2.37. The minimum absolute atomic E-state index is 0.0817. The number of hydrogen-bond donors (Lipinski definition) is 0. The molecule has 0 spiro atoms. The molecule has 172 valence electrons. The van der Waals surface area contributed by atoms with Crippen molar-refractivity contribution in [2.24, 2.45) is 5.92 Å². The summed E-state index contributed by atoms with van der Waals surface area (Å²) >= 11 is 6.03. The fraction of sp³-hybridized carbons (Fsp3) is 0.167. The lowest BCUT2D eigenvalue weighted by atomic mass is 9.90. The summed E-state index contributed by atoms with van der Waals surface area (Å²) in [6, 6.07) is 18.7. The highest BCUT2D eigenvalue weighted by molar-refractivity contribution is 6.30. The van der Waals surface area contributed by atoms with Gasteiger partial charge in [-0.2, -0.15) is 0 Å². The molecular formula is C24H18ClN3O6. The van der Waals surface area contributed by atoms with Gasteiger partial charge in [-0.05, 0) is 42.0 Å². The highest BCUT2D eigenvalue weighted by atomic mass is 35.5. The average Bonchev–Trinajstić information content (AvgIpc) is 3.35. The van der Waals surface area contributed by atoms with Crippen LogP contribution in [0.15, 0.2) is 72.8 Å². The van der Waals surface area contributed by atoms with Crippen molar-refractivity contribution in [3.8, 4) is 5.75 Å². The Balaban J connectivity index is 1.59. The lowest BCUT2D eigenvalue weighted by molar-refractivity contribution is -0.384. The zero-order valence-electron chi connectivity index (χ0n) is 17.8. The average molecular weight is 480 g/mol. The second-order valence-electron chi connectivity index (χ2n) is 7.83. The van der Waals surface area contributed by atoms with Crippen molar-refractivity contribution in [2.75, 3.05) is 17.1 Å². The number of non-ortho nitro benzene ring substituents is 1. The number of amides is 2. The smallest absolute Gasteiger partial charge is 0.269 e. The molecule has 0 aromatic heterocycles. The van der Waals surface area contributed by atoms with E-state index >= 15 is 0 Å². The Kier molecular flexibility index (Phi) is 5.43. The summed E-state index contributed by atoms with van der Waals surface area (Å²) in [5.74, 6) is -1.46. The molecule has 2 aliphatic rings. The van der Waals surface area contributed by atoms with Crippen LogP contribution in [-0.4, -0.2) is 30.0 Å². The fourth-order valence-electron chi connectivity index (χ4n) is 4.41. The van der Waals surface area contributed by atoms with Crippen LogP contribution in [0.1, 0.15) is 11.6 Å². The van der Waals surface area contributed by atoms with Gasteiger partial charge >= 0.3 is 0 Å². The van der Waals surface area contributed by atoms with Gasteiger partial charge < -0.3 is 4.74 Å². The van der Waals surface area contributed by atoms with Crippen molar-refractivity contribution in [2.45, 2.75) is 12.1 Å². The highest BCUT2D eigenvalue weighted by Crippen LogP contribution is 2.48. The van der Waals surface area contributed by atoms with Crippen LogP contribution in [0.25, 0.3) is 0 Å². The Bertz CT molecular complexity index is 1280. The predicted octanol–water partition coefficient (Wildman–Crippen LogP) is 4.31. The summed E-state index contributed by atoms with van der Waals surface area (Å²) in [6.07, 6.45) is -1.08. The van der Waals surface area contributed by atoms with Gasteiger partial charge in [0.2, 0.25) is 5.91 Å². The van der Waals surface area contributed by atoms with Crippen LogP contribution < -0.4 is 14.7 Å². The molecule has 0 aliphatic carbocycles. The molecule has 34 heavy (non-hydrogen) atoms. The number of nitro groups is 1. The van der Waals surface area contributed by atoms with Crippen molar-refractivity contribution in [3.05, 3.63) is 93.5 Å². The number of rotatable bonds is 5. The first-order valence-corrected chi connectivity index (χ1v) is 10.8. The SMILES string of the molecule is COc1ccccc1N1C(=O)C2ON(c3ccc(Cl)cc3)C(c3ccc([N+](=O)[O-])cc3)C2C1=O. The fourth-order valence-corrected chi connectivity index (χ4v) is 4.54. The normalized spacial score (nSPS) is 21.6. The van der Waals surface area contributed by atoms with Crippen LogP contribution >= 0.6 is 11.6 Å². The second-order valence-corrected chi connectivity index (χ2v) is 8.27. The first-order chi connectivity index (χ1) is 16.4. The number of hydroxylamine groups is 1. The van der Waals surface area contributed by atoms with E-state index in [1.807, 2.05) is 0 Å². The molecule has 2 heterocycles. The van der Waals surface area contributed by atoms with Gasteiger partial charge in [0.1, 0.15) is 11.7 Å². The zero-order chi connectivity index (χ0) is 24.0. The van der Waals surface area contributed by atoms with Gasteiger partial charge in [-0.25, -0.2) is 9.96 Å². The summed E-state index contributed by atoms with van der Waals surface area (Å²) in [5.41, 5.74) is 1.43. The molecular weight excluding hydrogens is 462 g/mol. The molecule has 3 aromatic rings. The Labute approximate surface area is 199 Å². The van der Waals surface area contributed by atoms with Crippen molar-refractivity contribution in [3.63, 3.8) is 0 Å². The molecule has 5 rings (SSSR count). The predicted molar refractivity (Wildman–Crippen MR) is 124 cm³/mol.